The van der Waals surface area contributed by atoms with Gasteiger partial charge >= 0.3 is 0 Å². The first-order valence-corrected chi connectivity index (χ1v) is 7.11. The summed E-state index contributed by atoms with van der Waals surface area (Å²) in [5.74, 6) is 6.75. The van der Waals surface area contributed by atoms with E-state index in [1.165, 1.54) is 19.3 Å². The van der Waals surface area contributed by atoms with Crippen LogP contribution in [-0.2, 0) is 9.47 Å². The van der Waals surface area contributed by atoms with Crippen LogP contribution in [0.3, 0.4) is 0 Å². The van der Waals surface area contributed by atoms with E-state index >= 15 is 0 Å². The molecule has 102 valence electrons. The molecule has 3 heteroatoms. The van der Waals surface area contributed by atoms with Gasteiger partial charge in [0.2, 0.25) is 0 Å². The van der Waals surface area contributed by atoms with Crippen molar-refractivity contribution in [2.75, 3.05) is 7.11 Å². The summed E-state index contributed by atoms with van der Waals surface area (Å²) in [5, 5.41) is 10.2. The van der Waals surface area contributed by atoms with Crippen LogP contribution in [-0.4, -0.2) is 30.7 Å². The average molecular weight is 252 g/mol. The van der Waals surface area contributed by atoms with Crippen molar-refractivity contribution in [2.45, 2.75) is 63.9 Å². The highest BCUT2D eigenvalue weighted by atomic mass is 16.7. The Bertz CT molecular complexity index is 317. The topological polar surface area (TPSA) is 38.7 Å². The number of unbranched alkanes of at least 4 members (excludes halogenated alkanes) is 3. The molecule has 1 saturated heterocycles. The smallest absolute Gasteiger partial charge is 0.158 e. The molecule has 1 saturated carbocycles. The quantitative estimate of drug-likeness (QED) is 0.616. The number of aliphatic hydroxyl groups excluding tert-OH is 1. The molecule has 1 aliphatic heterocycles. The Morgan fingerprint density at radius 2 is 2.17 bits per heavy atom. The first kappa shape index (κ1) is 13.9. The maximum atomic E-state index is 10.2. The molecule has 1 heterocycles. The van der Waals surface area contributed by atoms with E-state index in [1.54, 1.807) is 7.11 Å². The molecule has 1 N–H and O–H groups in total. The predicted octanol–water partition coefficient (Wildman–Crippen LogP) is 2.33. The van der Waals surface area contributed by atoms with Gasteiger partial charge < -0.3 is 14.6 Å². The van der Waals surface area contributed by atoms with Crippen LogP contribution in [0.25, 0.3) is 0 Å². The highest BCUT2D eigenvalue weighted by Gasteiger charge is 2.48. The van der Waals surface area contributed by atoms with Gasteiger partial charge in [-0.15, -0.1) is 5.92 Å². The molecule has 0 aromatic heterocycles. The van der Waals surface area contributed by atoms with Gasteiger partial charge in [0, 0.05) is 31.8 Å². The molecule has 2 fully saturated rings. The number of hydrogen-bond acceptors (Lipinski definition) is 3. The van der Waals surface area contributed by atoms with E-state index in [0.29, 0.717) is 0 Å². The normalized spacial score (nSPS) is 38.3. The van der Waals surface area contributed by atoms with Gasteiger partial charge in [-0.1, -0.05) is 25.7 Å². The lowest BCUT2D eigenvalue weighted by Crippen LogP contribution is -2.22. The molecular weight excluding hydrogens is 228 g/mol. The Balaban J connectivity index is 1.80. The molecule has 1 aliphatic carbocycles. The van der Waals surface area contributed by atoms with Gasteiger partial charge in [-0.25, -0.2) is 0 Å². The number of rotatable bonds is 4. The van der Waals surface area contributed by atoms with E-state index in [0.717, 1.165) is 19.3 Å². The van der Waals surface area contributed by atoms with Crippen LogP contribution in [0.1, 0.15) is 45.4 Å². The van der Waals surface area contributed by atoms with Crippen LogP contribution in [0.2, 0.25) is 0 Å². The van der Waals surface area contributed by atoms with Crippen molar-refractivity contribution in [1.29, 1.82) is 0 Å². The van der Waals surface area contributed by atoms with E-state index in [1.807, 2.05) is 0 Å². The number of hydrogen-bond donors (Lipinski definition) is 1. The molecule has 2 rings (SSSR count). The molecule has 3 nitrogen and oxygen atoms in total. The standard InChI is InChI=1S/C15H24O3/c1-3-4-5-6-7-8-11-9-13-12(15(11)16)10-14(17-2)18-13/h11-16H,3-6,9-10H2,1-2H3. The minimum absolute atomic E-state index is 0.0967. The largest absolute Gasteiger partial charge is 0.391 e. The maximum absolute atomic E-state index is 10.2. The molecule has 0 aromatic rings. The highest BCUT2D eigenvalue weighted by molar-refractivity contribution is 5.12. The number of methoxy groups -OCH3 is 1. The van der Waals surface area contributed by atoms with Crippen LogP contribution < -0.4 is 0 Å². The SMILES string of the molecule is CCCCCC#CC1CC2OC(OC)CC2C1O. The van der Waals surface area contributed by atoms with Gasteiger partial charge in [0.15, 0.2) is 6.29 Å². The van der Waals surface area contributed by atoms with Crippen molar-refractivity contribution < 1.29 is 14.6 Å². The Morgan fingerprint density at radius 1 is 1.33 bits per heavy atom. The van der Waals surface area contributed by atoms with Crippen LogP contribution in [0.4, 0.5) is 0 Å². The number of ether oxygens (including phenoxy) is 2. The molecule has 0 bridgehead atoms. The zero-order valence-corrected chi connectivity index (χ0v) is 11.4. The van der Waals surface area contributed by atoms with Crippen molar-refractivity contribution in [2.24, 2.45) is 11.8 Å². The van der Waals surface area contributed by atoms with E-state index in [9.17, 15) is 5.11 Å². The Kier molecular flexibility index (Phi) is 5.05. The van der Waals surface area contributed by atoms with E-state index < -0.39 is 0 Å². The molecule has 18 heavy (non-hydrogen) atoms. The van der Waals surface area contributed by atoms with Crippen LogP contribution in [0.15, 0.2) is 0 Å². The molecule has 0 radical (unpaired) electrons. The van der Waals surface area contributed by atoms with Crippen LogP contribution in [0, 0.1) is 23.7 Å². The summed E-state index contributed by atoms with van der Waals surface area (Å²) in [5.41, 5.74) is 0. The fourth-order valence-corrected chi connectivity index (χ4v) is 2.97. The van der Waals surface area contributed by atoms with E-state index in [-0.39, 0.29) is 30.3 Å². The first-order chi connectivity index (χ1) is 8.76. The highest BCUT2D eigenvalue weighted by Crippen LogP contribution is 2.42. The molecule has 0 amide bonds. The molecule has 5 unspecified atom stereocenters. The lowest BCUT2D eigenvalue weighted by Gasteiger charge is -2.14. The van der Waals surface area contributed by atoms with Crippen molar-refractivity contribution in [3.63, 3.8) is 0 Å². The minimum Gasteiger partial charge on any atom is -0.391 e. The van der Waals surface area contributed by atoms with Gasteiger partial charge in [0.05, 0.1) is 12.2 Å². The Labute approximate surface area is 110 Å². The fourth-order valence-electron chi connectivity index (χ4n) is 2.97. The molecule has 2 aliphatic rings. The van der Waals surface area contributed by atoms with Crippen molar-refractivity contribution in [1.82, 2.24) is 0 Å². The molecular formula is C15H24O3. The average Bonchev–Trinajstić information content (AvgIpc) is 2.90. The number of fused-ring (bicyclic) bond motifs is 1. The van der Waals surface area contributed by atoms with Gasteiger partial charge in [0.25, 0.3) is 0 Å². The summed E-state index contributed by atoms with van der Waals surface area (Å²) in [6.45, 7) is 2.19. The maximum Gasteiger partial charge on any atom is 0.158 e. The van der Waals surface area contributed by atoms with Crippen LogP contribution in [0.5, 0.6) is 0 Å². The predicted molar refractivity (Wildman–Crippen MR) is 69.8 cm³/mol. The molecule has 5 atom stereocenters. The second kappa shape index (κ2) is 6.56. The zero-order valence-electron chi connectivity index (χ0n) is 11.4. The molecule has 0 spiro atoms. The summed E-state index contributed by atoms with van der Waals surface area (Å²) in [6, 6.07) is 0. The van der Waals surface area contributed by atoms with Crippen LogP contribution >= 0.6 is 0 Å². The molecule has 0 aromatic carbocycles. The third-order valence-electron chi connectivity index (χ3n) is 4.06. The zero-order chi connectivity index (χ0) is 13.0. The Morgan fingerprint density at radius 3 is 2.83 bits per heavy atom. The number of aliphatic hydroxyl groups is 1. The first-order valence-electron chi connectivity index (χ1n) is 7.11. The lowest BCUT2D eigenvalue weighted by atomic mass is 9.98. The van der Waals surface area contributed by atoms with E-state index in [4.69, 9.17) is 9.47 Å². The van der Waals surface area contributed by atoms with Gasteiger partial charge in [-0.05, 0) is 12.8 Å². The van der Waals surface area contributed by atoms with Gasteiger partial charge in [-0.3, -0.25) is 0 Å². The van der Waals surface area contributed by atoms with Crippen molar-refractivity contribution in [3.8, 4) is 11.8 Å². The minimum atomic E-state index is -0.339. The van der Waals surface area contributed by atoms with Crippen molar-refractivity contribution >= 4 is 0 Å². The van der Waals surface area contributed by atoms with Gasteiger partial charge in [-0.2, -0.15) is 0 Å². The lowest BCUT2D eigenvalue weighted by molar-refractivity contribution is -0.115. The summed E-state index contributed by atoms with van der Waals surface area (Å²) >= 11 is 0. The monoisotopic (exact) mass is 252 g/mol. The summed E-state index contributed by atoms with van der Waals surface area (Å²) < 4.78 is 10.9. The second-order valence-electron chi connectivity index (χ2n) is 5.35. The Hall–Kier alpha value is -0.560. The van der Waals surface area contributed by atoms with Crippen molar-refractivity contribution in [3.05, 3.63) is 0 Å². The van der Waals surface area contributed by atoms with Gasteiger partial charge in [0.1, 0.15) is 0 Å². The second-order valence-corrected chi connectivity index (χ2v) is 5.35. The van der Waals surface area contributed by atoms with E-state index in [2.05, 4.69) is 18.8 Å². The summed E-state index contributed by atoms with van der Waals surface area (Å²) in [6.07, 6.45) is 5.91. The third kappa shape index (κ3) is 3.06. The summed E-state index contributed by atoms with van der Waals surface area (Å²) in [4.78, 5) is 0. The summed E-state index contributed by atoms with van der Waals surface area (Å²) in [7, 11) is 1.66. The third-order valence-corrected chi connectivity index (χ3v) is 4.06. The fraction of sp³-hybridized carbons (Fsp3) is 0.867.